The first-order chi connectivity index (χ1) is 4.43. The summed E-state index contributed by atoms with van der Waals surface area (Å²) in [6.07, 6.45) is 1.74. The zero-order chi connectivity index (χ0) is 6.53. The second kappa shape index (κ2) is 4.76. The quantitative estimate of drug-likeness (QED) is 0.468. The molecule has 1 unspecified atom stereocenters. The Morgan fingerprint density at radius 2 is 2.56 bits per heavy atom. The van der Waals surface area contributed by atoms with E-state index in [2.05, 4.69) is 26.5 Å². The van der Waals surface area contributed by atoms with Crippen LogP contribution in [0.15, 0.2) is 0 Å². The average molecular weight is 259 g/mol. The first-order valence-corrected chi connectivity index (χ1v) is 6.52. The van der Waals surface area contributed by atoms with Gasteiger partial charge in [-0.1, -0.05) is 8.93 Å². The highest BCUT2D eigenvalue weighted by Crippen LogP contribution is 2.11. The molecule has 0 radical (unpaired) electrons. The van der Waals surface area contributed by atoms with E-state index in [1.165, 1.54) is 6.42 Å². The van der Waals surface area contributed by atoms with E-state index in [1.54, 1.807) is 8.93 Å². The maximum absolute atomic E-state index is 5.20. The molecule has 0 saturated carbocycles. The zero-order valence-electron chi connectivity index (χ0n) is 5.10. The Bertz CT molecular complexity index is 79.4. The zero-order valence-corrected chi connectivity index (χ0v) is 8.07. The predicted molar refractivity (Wildman–Crippen MR) is 48.8 cm³/mol. The highest BCUT2D eigenvalue weighted by molar-refractivity contribution is 14.2. The molecule has 0 amide bonds. The van der Waals surface area contributed by atoms with E-state index in [0.717, 1.165) is 19.0 Å². The SMILES string of the molecule is ISCNCC1CCO1. The Morgan fingerprint density at radius 3 is 3.00 bits per heavy atom. The van der Waals surface area contributed by atoms with Crippen LogP contribution in [-0.4, -0.2) is 25.1 Å². The van der Waals surface area contributed by atoms with Gasteiger partial charge in [0.25, 0.3) is 0 Å². The van der Waals surface area contributed by atoms with Gasteiger partial charge in [-0.25, -0.2) is 0 Å². The molecule has 1 N–H and O–H groups in total. The molecule has 54 valence electrons. The van der Waals surface area contributed by atoms with Gasteiger partial charge in [-0.15, -0.1) is 0 Å². The molecule has 0 aromatic carbocycles. The van der Waals surface area contributed by atoms with Crippen molar-refractivity contribution >= 4 is 30.1 Å². The molecule has 0 aromatic heterocycles. The Labute approximate surface area is 71.7 Å². The predicted octanol–water partition coefficient (Wildman–Crippen LogP) is 1.41. The van der Waals surface area contributed by atoms with Crippen molar-refractivity contribution < 1.29 is 4.74 Å². The average Bonchev–Trinajstić information content (AvgIpc) is 1.76. The van der Waals surface area contributed by atoms with Crippen molar-refractivity contribution in [2.24, 2.45) is 0 Å². The minimum absolute atomic E-state index is 0.508. The summed E-state index contributed by atoms with van der Waals surface area (Å²) in [7, 11) is 1.78. The van der Waals surface area contributed by atoms with Crippen molar-refractivity contribution in [2.45, 2.75) is 12.5 Å². The van der Waals surface area contributed by atoms with Crippen LogP contribution in [0.5, 0.6) is 0 Å². The van der Waals surface area contributed by atoms with E-state index in [4.69, 9.17) is 4.74 Å². The number of hydrogen-bond acceptors (Lipinski definition) is 3. The third kappa shape index (κ3) is 3.06. The lowest BCUT2D eigenvalue weighted by Gasteiger charge is -2.26. The van der Waals surface area contributed by atoms with Gasteiger partial charge >= 0.3 is 0 Å². The highest BCUT2D eigenvalue weighted by Gasteiger charge is 2.16. The van der Waals surface area contributed by atoms with Gasteiger partial charge in [0, 0.05) is 13.2 Å². The maximum Gasteiger partial charge on any atom is 0.0721 e. The smallest absolute Gasteiger partial charge is 0.0721 e. The van der Waals surface area contributed by atoms with Crippen molar-refractivity contribution in [1.82, 2.24) is 5.32 Å². The summed E-state index contributed by atoms with van der Waals surface area (Å²) in [5.41, 5.74) is 0. The topological polar surface area (TPSA) is 21.3 Å². The van der Waals surface area contributed by atoms with Crippen LogP contribution in [0.2, 0.25) is 0 Å². The summed E-state index contributed by atoms with van der Waals surface area (Å²) in [6.45, 7) is 1.99. The second-order valence-electron chi connectivity index (χ2n) is 1.99. The summed E-state index contributed by atoms with van der Waals surface area (Å²) in [5, 5.41) is 3.27. The van der Waals surface area contributed by atoms with Crippen LogP contribution in [0.3, 0.4) is 0 Å². The van der Waals surface area contributed by atoms with Crippen LogP contribution in [-0.2, 0) is 4.74 Å². The van der Waals surface area contributed by atoms with Crippen molar-refractivity contribution in [2.75, 3.05) is 19.0 Å². The van der Waals surface area contributed by atoms with Crippen molar-refractivity contribution in [1.29, 1.82) is 0 Å². The summed E-state index contributed by atoms with van der Waals surface area (Å²) in [5.74, 6) is 1.03. The molecule has 0 aliphatic carbocycles. The molecule has 0 spiro atoms. The molecular formula is C5H10INOS. The van der Waals surface area contributed by atoms with Crippen LogP contribution in [0.1, 0.15) is 6.42 Å². The molecule has 2 nitrogen and oxygen atoms in total. The number of rotatable bonds is 4. The summed E-state index contributed by atoms with van der Waals surface area (Å²) in [4.78, 5) is 0. The third-order valence-electron chi connectivity index (χ3n) is 1.32. The van der Waals surface area contributed by atoms with Gasteiger partial charge in [0.1, 0.15) is 0 Å². The standard InChI is InChI=1S/C5H10INOS/c6-9-4-7-3-5-1-2-8-5/h5,7H,1-4H2. The van der Waals surface area contributed by atoms with E-state index in [9.17, 15) is 0 Å². The van der Waals surface area contributed by atoms with Crippen molar-refractivity contribution in [3.8, 4) is 0 Å². The Hall–Kier alpha value is 1.00. The van der Waals surface area contributed by atoms with Crippen molar-refractivity contribution in [3.63, 3.8) is 0 Å². The molecule has 1 atom stereocenters. The molecule has 1 aliphatic rings. The molecule has 1 aliphatic heterocycles. The monoisotopic (exact) mass is 259 g/mol. The first-order valence-electron chi connectivity index (χ1n) is 2.99. The molecule has 1 saturated heterocycles. The molecular weight excluding hydrogens is 249 g/mol. The van der Waals surface area contributed by atoms with Crippen LogP contribution in [0, 0.1) is 0 Å². The number of halogens is 1. The van der Waals surface area contributed by atoms with E-state index in [-0.39, 0.29) is 0 Å². The molecule has 4 heteroatoms. The normalized spacial score (nSPS) is 25.7. The number of nitrogens with one attached hydrogen (secondary N) is 1. The Kier molecular flexibility index (Phi) is 4.28. The minimum Gasteiger partial charge on any atom is -0.377 e. The van der Waals surface area contributed by atoms with E-state index >= 15 is 0 Å². The number of hydrogen-bond donors (Lipinski definition) is 1. The van der Waals surface area contributed by atoms with Gasteiger partial charge in [-0.05, 0) is 27.6 Å². The van der Waals surface area contributed by atoms with E-state index < -0.39 is 0 Å². The van der Waals surface area contributed by atoms with Gasteiger partial charge < -0.3 is 10.1 Å². The largest absolute Gasteiger partial charge is 0.377 e. The van der Waals surface area contributed by atoms with Crippen LogP contribution >= 0.6 is 30.1 Å². The van der Waals surface area contributed by atoms with E-state index in [0.29, 0.717) is 6.10 Å². The van der Waals surface area contributed by atoms with Gasteiger partial charge in [-0.2, -0.15) is 0 Å². The maximum atomic E-state index is 5.20. The molecule has 9 heavy (non-hydrogen) atoms. The van der Waals surface area contributed by atoms with E-state index in [1.807, 2.05) is 0 Å². The number of ether oxygens (including phenoxy) is 1. The van der Waals surface area contributed by atoms with Gasteiger partial charge in [-0.3, -0.25) is 0 Å². The Morgan fingerprint density at radius 1 is 1.78 bits per heavy atom. The van der Waals surface area contributed by atoms with Crippen molar-refractivity contribution in [3.05, 3.63) is 0 Å². The fraction of sp³-hybridized carbons (Fsp3) is 1.00. The van der Waals surface area contributed by atoms with Gasteiger partial charge in [0.05, 0.1) is 12.0 Å². The lowest BCUT2D eigenvalue weighted by atomic mass is 10.2. The van der Waals surface area contributed by atoms with Crippen LogP contribution in [0.4, 0.5) is 0 Å². The minimum atomic E-state index is 0.508. The third-order valence-corrected chi connectivity index (χ3v) is 2.57. The molecule has 1 heterocycles. The lowest BCUT2D eigenvalue weighted by Crippen LogP contribution is -2.36. The fourth-order valence-electron chi connectivity index (χ4n) is 0.704. The molecule has 0 bridgehead atoms. The first kappa shape index (κ1) is 8.10. The van der Waals surface area contributed by atoms with Gasteiger partial charge in [0.2, 0.25) is 0 Å². The van der Waals surface area contributed by atoms with Crippen LogP contribution in [0.25, 0.3) is 0 Å². The Balaban J connectivity index is 1.80. The van der Waals surface area contributed by atoms with Gasteiger partial charge in [0.15, 0.2) is 0 Å². The summed E-state index contributed by atoms with van der Waals surface area (Å²) < 4.78 is 5.20. The van der Waals surface area contributed by atoms with Crippen LogP contribution < -0.4 is 5.32 Å². The molecule has 1 rings (SSSR count). The fourth-order valence-corrected chi connectivity index (χ4v) is 1.56. The summed E-state index contributed by atoms with van der Waals surface area (Å²) >= 11 is 2.28. The molecule has 0 aromatic rings. The highest BCUT2D eigenvalue weighted by atomic mass is 127. The summed E-state index contributed by atoms with van der Waals surface area (Å²) in [6, 6.07) is 0. The molecule has 1 fully saturated rings. The second-order valence-corrected chi connectivity index (χ2v) is 4.36. The lowest BCUT2D eigenvalue weighted by molar-refractivity contribution is -0.0475.